The van der Waals surface area contributed by atoms with E-state index in [0.717, 1.165) is 57.8 Å². The highest BCUT2D eigenvalue weighted by atomic mass is 16.3. The third-order valence-electron chi connectivity index (χ3n) is 12.1. The van der Waals surface area contributed by atoms with E-state index < -0.39 is 36.9 Å². The predicted molar refractivity (Wildman–Crippen MR) is 256 cm³/mol. The molecule has 5 N–H and O–H groups in total. The molecule has 0 aliphatic carbocycles. The number of aliphatic hydroxyl groups excluding tert-OH is 4. The van der Waals surface area contributed by atoms with Gasteiger partial charge in [-0.3, -0.25) is 4.79 Å². The Morgan fingerprint density at radius 3 is 1.08 bits per heavy atom. The van der Waals surface area contributed by atoms with Crippen LogP contribution in [0.3, 0.4) is 0 Å². The van der Waals surface area contributed by atoms with Gasteiger partial charge in [0.1, 0.15) is 12.2 Å². The fourth-order valence-electron chi connectivity index (χ4n) is 8.03. The molecule has 0 fully saturated rings. The minimum absolute atomic E-state index is 0.362. The molecule has 0 heterocycles. The molecule has 0 aromatic heterocycles. The number of rotatable bonds is 47. The van der Waals surface area contributed by atoms with Crippen molar-refractivity contribution < 1.29 is 25.2 Å². The summed E-state index contributed by atoms with van der Waals surface area (Å²) in [7, 11) is 0. The van der Waals surface area contributed by atoms with Crippen LogP contribution in [0.2, 0.25) is 0 Å². The Bertz CT molecular complexity index is 935. The number of carbonyl (C=O) groups excluding carboxylic acids is 1. The quantitative estimate of drug-likeness (QED) is 0.0310. The smallest absolute Gasteiger partial charge is 0.249 e. The summed E-state index contributed by atoms with van der Waals surface area (Å²) < 4.78 is 0. The van der Waals surface area contributed by atoms with Crippen molar-refractivity contribution in [1.82, 2.24) is 5.32 Å². The maximum Gasteiger partial charge on any atom is 0.249 e. The lowest BCUT2D eigenvalue weighted by atomic mass is 10.00. The highest BCUT2D eigenvalue weighted by molar-refractivity contribution is 5.80. The molecule has 0 saturated heterocycles. The van der Waals surface area contributed by atoms with Gasteiger partial charge < -0.3 is 25.7 Å². The van der Waals surface area contributed by atoms with Crippen molar-refractivity contribution in [1.29, 1.82) is 0 Å². The zero-order valence-electron chi connectivity index (χ0n) is 39.3. The van der Waals surface area contributed by atoms with Gasteiger partial charge in [0.2, 0.25) is 5.91 Å². The van der Waals surface area contributed by atoms with Crippen molar-refractivity contribution >= 4 is 5.91 Å². The molecule has 6 heteroatoms. The largest absolute Gasteiger partial charge is 0.394 e. The average Bonchev–Trinajstić information content (AvgIpc) is 3.24. The summed E-state index contributed by atoms with van der Waals surface area (Å²) in [6, 6.07) is -1.01. The molecule has 6 nitrogen and oxygen atoms in total. The number of allylic oxidation sites excluding steroid dienone is 6. The Morgan fingerprint density at radius 1 is 0.424 bits per heavy atom. The molecule has 0 radical (unpaired) electrons. The molecule has 1 amide bonds. The Hall–Kier alpha value is -1.47. The normalized spacial score (nSPS) is 14.2. The summed E-state index contributed by atoms with van der Waals surface area (Å²) in [5, 5.41) is 43.7. The molecule has 0 rings (SSSR count). The SMILES string of the molecule is CC/C=C/CC/C=C/CC/C=C/CCCC(O)C(O)C(CO)NC(=O)C(O)CCCCCCCCCCCCCCCCCCCCCCCCCCCCCCCC. The first-order valence-electron chi connectivity index (χ1n) is 25.9. The summed E-state index contributed by atoms with van der Waals surface area (Å²) in [5.74, 6) is -0.597. The number of carbonyl (C=O) groups is 1. The summed E-state index contributed by atoms with van der Waals surface area (Å²) in [6.07, 6.45) is 57.9. The van der Waals surface area contributed by atoms with Gasteiger partial charge in [-0.05, 0) is 57.8 Å². The number of amides is 1. The molecule has 4 unspecified atom stereocenters. The van der Waals surface area contributed by atoms with Crippen molar-refractivity contribution in [2.24, 2.45) is 0 Å². The van der Waals surface area contributed by atoms with Gasteiger partial charge in [-0.25, -0.2) is 0 Å². The molecular formula is C53H101NO5. The summed E-state index contributed by atoms with van der Waals surface area (Å²) >= 11 is 0. The van der Waals surface area contributed by atoms with Crippen LogP contribution in [0.15, 0.2) is 36.5 Å². The molecule has 0 aromatic rings. The van der Waals surface area contributed by atoms with Gasteiger partial charge >= 0.3 is 0 Å². The van der Waals surface area contributed by atoms with Gasteiger partial charge in [0.25, 0.3) is 0 Å². The van der Waals surface area contributed by atoms with Gasteiger partial charge in [-0.2, -0.15) is 0 Å². The standard InChI is InChI=1S/C53H101NO5/c1-3-5-7-9-11-13-15-17-18-19-20-21-22-23-24-25-26-27-28-29-30-31-32-33-35-37-39-41-43-45-47-51(57)53(59)54-49(48-55)52(58)50(56)46-44-42-40-38-36-34-16-14-12-10-8-6-4-2/h6,8,14,16,38,40,49-52,55-58H,3-5,7,9-13,15,17-37,39,41-48H2,1-2H3,(H,54,59)/b8-6+,16-14+,40-38+. The van der Waals surface area contributed by atoms with Crippen LogP contribution in [0.1, 0.15) is 264 Å². The van der Waals surface area contributed by atoms with Crippen LogP contribution < -0.4 is 5.32 Å². The van der Waals surface area contributed by atoms with Crippen LogP contribution in [0.25, 0.3) is 0 Å². The van der Waals surface area contributed by atoms with E-state index in [1.807, 2.05) is 0 Å². The minimum Gasteiger partial charge on any atom is -0.394 e. The minimum atomic E-state index is -1.29. The van der Waals surface area contributed by atoms with Crippen LogP contribution in [-0.4, -0.2) is 57.3 Å². The van der Waals surface area contributed by atoms with E-state index in [4.69, 9.17) is 0 Å². The second-order valence-electron chi connectivity index (χ2n) is 17.8. The van der Waals surface area contributed by atoms with E-state index >= 15 is 0 Å². The summed E-state index contributed by atoms with van der Waals surface area (Å²) in [5.41, 5.74) is 0. The van der Waals surface area contributed by atoms with Gasteiger partial charge in [0.05, 0.1) is 18.8 Å². The fourth-order valence-corrected chi connectivity index (χ4v) is 8.03. The second-order valence-corrected chi connectivity index (χ2v) is 17.8. The first-order valence-corrected chi connectivity index (χ1v) is 25.9. The Morgan fingerprint density at radius 2 is 0.746 bits per heavy atom. The number of aliphatic hydroxyl groups is 4. The maximum atomic E-state index is 12.5. The Kier molecular flexibility index (Phi) is 46.4. The van der Waals surface area contributed by atoms with E-state index in [2.05, 4.69) is 55.6 Å². The summed E-state index contributed by atoms with van der Waals surface area (Å²) in [4.78, 5) is 12.5. The van der Waals surface area contributed by atoms with E-state index in [9.17, 15) is 25.2 Å². The zero-order valence-corrected chi connectivity index (χ0v) is 39.3. The molecule has 0 spiro atoms. The molecule has 0 aromatic carbocycles. The molecular weight excluding hydrogens is 731 g/mol. The van der Waals surface area contributed by atoms with Gasteiger partial charge in [-0.15, -0.1) is 0 Å². The lowest BCUT2D eigenvalue weighted by Gasteiger charge is -2.27. The lowest BCUT2D eigenvalue weighted by molar-refractivity contribution is -0.132. The van der Waals surface area contributed by atoms with Gasteiger partial charge in [0, 0.05) is 0 Å². The van der Waals surface area contributed by atoms with Crippen molar-refractivity contribution in [2.75, 3.05) is 6.61 Å². The number of nitrogens with one attached hydrogen (secondary N) is 1. The third kappa shape index (κ3) is 41.6. The molecule has 0 aliphatic rings. The lowest BCUT2D eigenvalue weighted by Crippen LogP contribution is -2.53. The van der Waals surface area contributed by atoms with Crippen LogP contribution in [0, 0.1) is 0 Å². The molecule has 0 saturated carbocycles. The number of hydrogen-bond acceptors (Lipinski definition) is 5. The monoisotopic (exact) mass is 832 g/mol. The predicted octanol–water partition coefficient (Wildman–Crippen LogP) is 14.5. The fraction of sp³-hybridized carbons (Fsp3) is 0.868. The van der Waals surface area contributed by atoms with Crippen molar-refractivity contribution in [2.45, 2.75) is 289 Å². The van der Waals surface area contributed by atoms with Crippen molar-refractivity contribution in [3.05, 3.63) is 36.5 Å². The van der Waals surface area contributed by atoms with Crippen molar-refractivity contribution in [3.63, 3.8) is 0 Å². The van der Waals surface area contributed by atoms with Crippen LogP contribution in [0.4, 0.5) is 0 Å². The first kappa shape index (κ1) is 57.5. The molecule has 4 atom stereocenters. The number of hydrogen-bond donors (Lipinski definition) is 5. The highest BCUT2D eigenvalue weighted by Gasteiger charge is 2.28. The van der Waals surface area contributed by atoms with E-state index in [1.54, 1.807) is 0 Å². The highest BCUT2D eigenvalue weighted by Crippen LogP contribution is 2.17. The third-order valence-corrected chi connectivity index (χ3v) is 12.1. The maximum absolute atomic E-state index is 12.5. The molecule has 59 heavy (non-hydrogen) atoms. The van der Waals surface area contributed by atoms with Crippen molar-refractivity contribution in [3.8, 4) is 0 Å². The average molecular weight is 832 g/mol. The molecule has 0 aliphatic heterocycles. The van der Waals surface area contributed by atoms with E-state index in [1.165, 1.54) is 173 Å². The van der Waals surface area contributed by atoms with Crippen LogP contribution >= 0.6 is 0 Å². The zero-order chi connectivity index (χ0) is 43.1. The van der Waals surface area contributed by atoms with E-state index in [-0.39, 0.29) is 0 Å². The number of unbranched alkanes of at least 4 members (excludes halogenated alkanes) is 32. The summed E-state index contributed by atoms with van der Waals surface area (Å²) in [6.45, 7) is 3.94. The Balaban J connectivity index is 3.58. The first-order chi connectivity index (χ1) is 29.0. The Labute approximate surface area is 367 Å². The van der Waals surface area contributed by atoms with Gasteiger partial charge in [-0.1, -0.05) is 243 Å². The topological polar surface area (TPSA) is 110 Å². The van der Waals surface area contributed by atoms with Crippen LogP contribution in [-0.2, 0) is 4.79 Å². The molecule has 348 valence electrons. The van der Waals surface area contributed by atoms with Crippen LogP contribution in [0.5, 0.6) is 0 Å². The second kappa shape index (κ2) is 47.6. The molecule has 0 bridgehead atoms. The van der Waals surface area contributed by atoms with Gasteiger partial charge in [0.15, 0.2) is 0 Å². The van der Waals surface area contributed by atoms with E-state index in [0.29, 0.717) is 19.3 Å².